The van der Waals surface area contributed by atoms with Crippen molar-refractivity contribution >= 4 is 11.4 Å². The van der Waals surface area contributed by atoms with Crippen LogP contribution < -0.4 is 11.1 Å². The Hall–Kier alpha value is -1.18. The maximum Gasteiger partial charge on any atom is 0.0579 e. The van der Waals surface area contributed by atoms with Crippen molar-refractivity contribution in [1.29, 1.82) is 0 Å². The molecule has 1 aromatic rings. The summed E-state index contributed by atoms with van der Waals surface area (Å²) >= 11 is 0. The molecule has 0 atom stereocenters. The highest BCUT2D eigenvalue weighted by atomic mass is 14.9. The van der Waals surface area contributed by atoms with Crippen molar-refractivity contribution in [2.24, 2.45) is 16.7 Å². The smallest absolute Gasteiger partial charge is 0.0579 e. The molecule has 1 fully saturated rings. The molecule has 2 nitrogen and oxygen atoms in total. The molecule has 0 heterocycles. The maximum absolute atomic E-state index is 6.06. The highest BCUT2D eigenvalue weighted by Gasteiger charge is 2.63. The van der Waals surface area contributed by atoms with Gasteiger partial charge in [-0.1, -0.05) is 39.8 Å². The zero-order valence-electron chi connectivity index (χ0n) is 11.6. The van der Waals surface area contributed by atoms with Crippen LogP contribution in [0.25, 0.3) is 0 Å². The Balaban J connectivity index is 2.03. The van der Waals surface area contributed by atoms with Gasteiger partial charge in [-0.25, -0.2) is 0 Å². The van der Waals surface area contributed by atoms with E-state index in [1.54, 1.807) is 0 Å². The summed E-state index contributed by atoms with van der Waals surface area (Å²) in [5.41, 5.74) is 10.0. The van der Waals surface area contributed by atoms with Crippen molar-refractivity contribution in [2.45, 2.75) is 34.6 Å². The van der Waals surface area contributed by atoms with E-state index in [0.717, 1.165) is 29.4 Å². The van der Waals surface area contributed by atoms with Gasteiger partial charge in [-0.05, 0) is 35.3 Å². The fourth-order valence-corrected chi connectivity index (χ4v) is 2.89. The van der Waals surface area contributed by atoms with E-state index in [1.807, 2.05) is 13.0 Å². The molecule has 0 radical (unpaired) electrons. The van der Waals surface area contributed by atoms with Crippen LogP contribution in [0.5, 0.6) is 0 Å². The van der Waals surface area contributed by atoms with E-state index in [2.05, 4.69) is 45.1 Å². The van der Waals surface area contributed by atoms with E-state index in [4.69, 9.17) is 5.73 Å². The number of anilines is 2. The molecule has 0 bridgehead atoms. The second-order valence-electron chi connectivity index (χ2n) is 6.41. The van der Waals surface area contributed by atoms with Crippen LogP contribution in [0.4, 0.5) is 11.4 Å². The summed E-state index contributed by atoms with van der Waals surface area (Å²) in [4.78, 5) is 0. The van der Waals surface area contributed by atoms with Crippen LogP contribution in [0, 0.1) is 23.7 Å². The van der Waals surface area contributed by atoms with E-state index in [1.165, 1.54) is 0 Å². The lowest BCUT2D eigenvalue weighted by atomic mass is 10.0. The third-order valence-corrected chi connectivity index (χ3v) is 5.14. The molecule has 0 unspecified atom stereocenters. The van der Waals surface area contributed by atoms with Crippen molar-refractivity contribution in [3.8, 4) is 0 Å². The fourth-order valence-electron chi connectivity index (χ4n) is 2.89. The van der Waals surface area contributed by atoms with E-state index < -0.39 is 0 Å². The Bertz CT molecular complexity index is 419. The number of rotatable bonds is 3. The predicted octanol–water partition coefficient (Wildman–Crippen LogP) is 3.67. The Morgan fingerprint density at radius 1 is 1.18 bits per heavy atom. The summed E-state index contributed by atoms with van der Waals surface area (Å²) in [6.07, 6.45) is 0. The van der Waals surface area contributed by atoms with Gasteiger partial charge < -0.3 is 11.1 Å². The van der Waals surface area contributed by atoms with E-state index in [0.29, 0.717) is 10.8 Å². The average Bonchev–Trinajstić information content (AvgIpc) is 2.61. The van der Waals surface area contributed by atoms with Crippen molar-refractivity contribution in [3.63, 3.8) is 0 Å². The van der Waals surface area contributed by atoms with Crippen LogP contribution in [0.15, 0.2) is 18.2 Å². The summed E-state index contributed by atoms with van der Waals surface area (Å²) in [6.45, 7) is 12.4. The SMILES string of the molecule is Cc1cccc(NCC2C(C)(C)C2(C)C)c1N. The van der Waals surface area contributed by atoms with Crippen LogP contribution in [-0.4, -0.2) is 6.54 Å². The normalized spacial score (nSPS) is 21.2. The molecular formula is C15H24N2. The minimum Gasteiger partial charge on any atom is -0.397 e. The quantitative estimate of drug-likeness (QED) is 0.780. The molecule has 2 rings (SSSR count). The Morgan fingerprint density at radius 2 is 1.76 bits per heavy atom. The second-order valence-corrected chi connectivity index (χ2v) is 6.41. The first-order valence-electron chi connectivity index (χ1n) is 6.37. The second kappa shape index (κ2) is 3.66. The summed E-state index contributed by atoms with van der Waals surface area (Å²) in [5.74, 6) is 0.718. The van der Waals surface area contributed by atoms with Crippen molar-refractivity contribution in [1.82, 2.24) is 0 Å². The van der Waals surface area contributed by atoms with Gasteiger partial charge in [0.05, 0.1) is 11.4 Å². The summed E-state index contributed by atoms with van der Waals surface area (Å²) in [5, 5.41) is 3.50. The first-order valence-corrected chi connectivity index (χ1v) is 6.37. The minimum atomic E-state index is 0.429. The molecule has 17 heavy (non-hydrogen) atoms. The predicted molar refractivity (Wildman–Crippen MR) is 75.1 cm³/mol. The largest absolute Gasteiger partial charge is 0.397 e. The molecule has 1 saturated carbocycles. The molecule has 3 N–H and O–H groups in total. The monoisotopic (exact) mass is 232 g/mol. The first-order chi connectivity index (χ1) is 7.78. The zero-order valence-corrected chi connectivity index (χ0v) is 11.6. The van der Waals surface area contributed by atoms with E-state index in [-0.39, 0.29) is 0 Å². The van der Waals surface area contributed by atoms with Crippen molar-refractivity contribution < 1.29 is 0 Å². The van der Waals surface area contributed by atoms with Crippen LogP contribution in [0.3, 0.4) is 0 Å². The number of nitrogen functional groups attached to an aromatic ring is 1. The van der Waals surface area contributed by atoms with Gasteiger partial charge >= 0.3 is 0 Å². The number of nitrogens with one attached hydrogen (secondary N) is 1. The number of benzene rings is 1. The first kappa shape index (κ1) is 12.3. The topological polar surface area (TPSA) is 38.0 Å². The van der Waals surface area contributed by atoms with Gasteiger partial charge in [-0.3, -0.25) is 0 Å². The summed E-state index contributed by atoms with van der Waals surface area (Å²) < 4.78 is 0. The Morgan fingerprint density at radius 3 is 2.29 bits per heavy atom. The van der Waals surface area contributed by atoms with Crippen LogP contribution in [0.1, 0.15) is 33.3 Å². The van der Waals surface area contributed by atoms with Gasteiger partial charge in [-0.15, -0.1) is 0 Å². The highest BCUT2D eigenvalue weighted by Crippen LogP contribution is 2.68. The van der Waals surface area contributed by atoms with Gasteiger partial charge in [0.2, 0.25) is 0 Å². The average molecular weight is 232 g/mol. The molecule has 0 saturated heterocycles. The van der Waals surface area contributed by atoms with Crippen molar-refractivity contribution in [2.75, 3.05) is 17.6 Å². The van der Waals surface area contributed by atoms with Crippen LogP contribution in [0.2, 0.25) is 0 Å². The number of aryl methyl sites for hydroxylation is 1. The third-order valence-electron chi connectivity index (χ3n) is 5.14. The third kappa shape index (κ3) is 1.80. The van der Waals surface area contributed by atoms with Gasteiger partial charge in [0, 0.05) is 6.54 Å². The highest BCUT2D eigenvalue weighted by molar-refractivity contribution is 5.69. The molecule has 0 spiro atoms. The maximum atomic E-state index is 6.06. The van der Waals surface area contributed by atoms with Gasteiger partial charge in [0.1, 0.15) is 0 Å². The fraction of sp³-hybridized carbons (Fsp3) is 0.600. The molecule has 1 aliphatic rings. The van der Waals surface area contributed by atoms with Gasteiger partial charge in [0.25, 0.3) is 0 Å². The molecule has 0 amide bonds. The molecule has 1 aromatic carbocycles. The van der Waals surface area contributed by atoms with Crippen LogP contribution >= 0.6 is 0 Å². The Labute approximate surface area is 105 Å². The molecule has 2 heteroatoms. The summed E-state index contributed by atoms with van der Waals surface area (Å²) in [7, 11) is 0. The summed E-state index contributed by atoms with van der Waals surface area (Å²) in [6, 6.07) is 6.16. The van der Waals surface area contributed by atoms with Gasteiger partial charge in [-0.2, -0.15) is 0 Å². The van der Waals surface area contributed by atoms with Crippen molar-refractivity contribution in [3.05, 3.63) is 23.8 Å². The number of hydrogen-bond acceptors (Lipinski definition) is 2. The minimum absolute atomic E-state index is 0.429. The van der Waals surface area contributed by atoms with E-state index in [9.17, 15) is 0 Å². The number of hydrogen-bond donors (Lipinski definition) is 2. The molecule has 0 aromatic heterocycles. The molecular weight excluding hydrogens is 208 g/mol. The Kier molecular flexibility index (Phi) is 2.64. The lowest BCUT2D eigenvalue weighted by Crippen LogP contribution is -2.10. The lowest BCUT2D eigenvalue weighted by Gasteiger charge is -2.11. The van der Waals surface area contributed by atoms with E-state index >= 15 is 0 Å². The van der Waals surface area contributed by atoms with Gasteiger partial charge in [0.15, 0.2) is 0 Å². The zero-order chi connectivity index (χ0) is 12.8. The number of para-hydroxylation sites is 1. The number of nitrogens with two attached hydrogens (primary N) is 1. The molecule has 0 aliphatic heterocycles. The lowest BCUT2D eigenvalue weighted by molar-refractivity contribution is 0.457. The molecule has 94 valence electrons. The standard InChI is InChI=1S/C15H24N2/c1-10-7-6-8-11(13(10)16)17-9-12-14(2,3)15(12,4)5/h6-8,12,17H,9,16H2,1-5H3. The molecule has 1 aliphatic carbocycles. The van der Waals surface area contributed by atoms with Crippen LogP contribution in [-0.2, 0) is 0 Å².